The summed E-state index contributed by atoms with van der Waals surface area (Å²) in [6.07, 6.45) is 16.2. The molecule has 1 N–H and O–H groups in total. The van der Waals surface area contributed by atoms with Gasteiger partial charge in [-0.15, -0.1) is 0 Å². The van der Waals surface area contributed by atoms with Crippen LogP contribution in [-0.4, -0.2) is 75.1 Å². The van der Waals surface area contributed by atoms with Crippen LogP contribution < -0.4 is 9.47 Å². The highest BCUT2D eigenvalue weighted by atomic mass is 16.5. The molecule has 0 heterocycles. The first-order valence-electron chi connectivity index (χ1n) is 18.9. The highest BCUT2D eigenvalue weighted by molar-refractivity contribution is 5.93. The number of benzene rings is 1. The lowest BCUT2D eigenvalue weighted by atomic mass is 10.1. The van der Waals surface area contributed by atoms with Crippen LogP contribution in [0, 0.1) is 0 Å². The topological polar surface area (TPSA) is 161 Å². The number of aliphatic carboxylic acids is 1. The van der Waals surface area contributed by atoms with Crippen LogP contribution in [0.25, 0.3) is 0 Å². The Morgan fingerprint density at radius 2 is 0.980 bits per heavy atom. The van der Waals surface area contributed by atoms with Gasteiger partial charge >= 0.3 is 29.8 Å². The molecule has 1 rings (SSSR count). The Balaban J connectivity index is 2.37. The Hall–Kier alpha value is -3.83. The Kier molecular flexibility index (Phi) is 27.4. The Morgan fingerprint density at radius 3 is 1.51 bits per heavy atom. The zero-order valence-corrected chi connectivity index (χ0v) is 31.1. The molecular weight excluding hydrogens is 660 g/mol. The van der Waals surface area contributed by atoms with Gasteiger partial charge in [0.25, 0.3) is 0 Å². The molecule has 51 heavy (non-hydrogen) atoms. The van der Waals surface area contributed by atoms with Gasteiger partial charge in [0.15, 0.2) is 0 Å². The molecule has 0 atom stereocenters. The Bertz CT molecular complexity index is 1120. The van der Waals surface area contributed by atoms with Crippen molar-refractivity contribution >= 4 is 29.8 Å². The van der Waals surface area contributed by atoms with Crippen molar-refractivity contribution in [2.24, 2.45) is 0 Å². The summed E-state index contributed by atoms with van der Waals surface area (Å²) >= 11 is 0. The molecule has 0 bridgehead atoms. The molecular formula is C39H62O12. The average Bonchev–Trinajstić information content (AvgIpc) is 3.12. The molecule has 0 amide bonds. The van der Waals surface area contributed by atoms with Crippen LogP contribution in [0.4, 0.5) is 0 Å². The van der Waals surface area contributed by atoms with Crippen LogP contribution in [0.5, 0.6) is 11.5 Å². The fourth-order valence-corrected chi connectivity index (χ4v) is 5.06. The van der Waals surface area contributed by atoms with Gasteiger partial charge < -0.3 is 33.5 Å². The molecule has 1 aromatic carbocycles. The minimum absolute atomic E-state index is 0.0360. The molecule has 0 aliphatic heterocycles. The minimum atomic E-state index is -1.01. The van der Waals surface area contributed by atoms with E-state index in [0.717, 1.165) is 103 Å². The number of carboxylic acids is 1. The van der Waals surface area contributed by atoms with Gasteiger partial charge in [-0.05, 0) is 50.3 Å². The van der Waals surface area contributed by atoms with E-state index in [1.807, 2.05) is 6.07 Å². The van der Waals surface area contributed by atoms with Gasteiger partial charge in [0.2, 0.25) is 0 Å². The smallest absolute Gasteiger partial charge is 0.342 e. The number of methoxy groups -OCH3 is 1. The van der Waals surface area contributed by atoms with E-state index in [2.05, 4.69) is 11.7 Å². The predicted molar refractivity (Wildman–Crippen MR) is 192 cm³/mol. The second-order valence-corrected chi connectivity index (χ2v) is 12.6. The number of esters is 4. The van der Waals surface area contributed by atoms with Gasteiger partial charge in [0.05, 0.1) is 65.8 Å². The van der Waals surface area contributed by atoms with Gasteiger partial charge in [0, 0.05) is 0 Å². The van der Waals surface area contributed by atoms with E-state index < -0.39 is 23.9 Å². The maximum atomic E-state index is 13.0. The fraction of sp³-hybridized carbons (Fsp3) is 0.718. The summed E-state index contributed by atoms with van der Waals surface area (Å²) in [5.41, 5.74) is 0.366. The number of hydrogen-bond acceptors (Lipinski definition) is 11. The largest absolute Gasteiger partial charge is 0.494 e. The highest BCUT2D eigenvalue weighted by Gasteiger charge is 2.16. The summed E-state index contributed by atoms with van der Waals surface area (Å²) in [5.74, 6) is -1.62. The van der Waals surface area contributed by atoms with Crippen LogP contribution in [0.1, 0.15) is 152 Å². The summed E-state index contributed by atoms with van der Waals surface area (Å²) < 4.78 is 32.3. The first kappa shape index (κ1) is 45.2. The minimum Gasteiger partial charge on any atom is -0.494 e. The lowest BCUT2D eigenvalue weighted by molar-refractivity contribution is -0.149. The number of ether oxygens (including phenoxy) is 6. The summed E-state index contributed by atoms with van der Waals surface area (Å²) in [5, 5.41) is 8.61. The second-order valence-electron chi connectivity index (χ2n) is 12.6. The van der Waals surface area contributed by atoms with Crippen molar-refractivity contribution < 1.29 is 57.5 Å². The van der Waals surface area contributed by atoms with Crippen molar-refractivity contribution in [2.45, 2.75) is 142 Å². The quantitative estimate of drug-likeness (QED) is 0.0422. The molecule has 0 unspecified atom stereocenters. The number of rotatable bonds is 33. The SMILES string of the molecule is CCCCCCCOC(=O)c1cc(OCCCCCCCCOC(=O)CCC(=O)OC)ccc1OCCCCCCCCOC(=O)CCC(=O)O. The van der Waals surface area contributed by atoms with Gasteiger partial charge in [-0.1, -0.05) is 84.0 Å². The van der Waals surface area contributed by atoms with Crippen molar-refractivity contribution in [3.05, 3.63) is 23.8 Å². The number of carbonyl (C=O) groups excluding carboxylic acids is 4. The average molecular weight is 723 g/mol. The van der Waals surface area contributed by atoms with Crippen molar-refractivity contribution in [1.82, 2.24) is 0 Å². The third-order valence-electron chi connectivity index (χ3n) is 8.09. The van der Waals surface area contributed by atoms with Crippen LogP contribution in [0.15, 0.2) is 18.2 Å². The summed E-state index contributed by atoms with van der Waals surface area (Å²) in [6.45, 7) is 4.19. The van der Waals surface area contributed by atoms with E-state index in [1.54, 1.807) is 12.1 Å². The number of unbranched alkanes of at least 4 members (excludes halogenated alkanes) is 14. The highest BCUT2D eigenvalue weighted by Crippen LogP contribution is 2.26. The predicted octanol–water partition coefficient (Wildman–Crippen LogP) is 8.16. The molecule has 0 fully saturated rings. The molecule has 0 saturated carbocycles. The summed E-state index contributed by atoms with van der Waals surface area (Å²) in [7, 11) is 1.29. The first-order valence-corrected chi connectivity index (χ1v) is 18.9. The van der Waals surface area contributed by atoms with E-state index in [9.17, 15) is 24.0 Å². The van der Waals surface area contributed by atoms with Crippen molar-refractivity contribution in [2.75, 3.05) is 40.1 Å². The Labute approximate surface area is 304 Å². The van der Waals surface area contributed by atoms with Gasteiger partial charge in [-0.2, -0.15) is 0 Å². The summed E-state index contributed by atoms with van der Waals surface area (Å²) in [6, 6.07) is 5.29. The molecule has 12 nitrogen and oxygen atoms in total. The Morgan fingerprint density at radius 1 is 0.529 bits per heavy atom. The molecule has 0 aliphatic carbocycles. The van der Waals surface area contributed by atoms with E-state index in [4.69, 9.17) is 28.8 Å². The molecule has 0 spiro atoms. The zero-order chi connectivity index (χ0) is 37.4. The molecule has 290 valence electrons. The third-order valence-corrected chi connectivity index (χ3v) is 8.09. The van der Waals surface area contributed by atoms with E-state index in [1.165, 1.54) is 13.5 Å². The number of carboxylic acid groups (broad SMARTS) is 1. The third kappa shape index (κ3) is 25.7. The standard InChI is InChI=1S/C39H62O12/c1-3-4-5-10-19-30-51-39(45)33-31-32(47-26-15-11-6-8-13-18-29-50-38(44)25-24-36(42)46-2)20-21-34(33)48-27-16-12-7-9-14-17-28-49-37(43)23-22-35(40)41/h20-21,31H,3-19,22-30H2,1-2H3,(H,40,41). The van der Waals surface area contributed by atoms with Crippen molar-refractivity contribution in [3.8, 4) is 11.5 Å². The lowest BCUT2D eigenvalue weighted by Gasteiger charge is -2.14. The monoisotopic (exact) mass is 722 g/mol. The van der Waals surface area contributed by atoms with E-state index >= 15 is 0 Å². The van der Waals surface area contributed by atoms with E-state index in [-0.39, 0.29) is 31.7 Å². The molecule has 12 heteroatoms. The van der Waals surface area contributed by atoms with Crippen molar-refractivity contribution in [3.63, 3.8) is 0 Å². The van der Waals surface area contributed by atoms with Crippen LogP contribution >= 0.6 is 0 Å². The molecule has 0 aliphatic rings. The first-order chi connectivity index (χ1) is 24.8. The van der Waals surface area contributed by atoms with Gasteiger partial charge in [-0.3, -0.25) is 19.2 Å². The summed E-state index contributed by atoms with van der Waals surface area (Å²) in [4.78, 5) is 57.7. The van der Waals surface area contributed by atoms with Gasteiger partial charge in [-0.25, -0.2) is 4.79 Å². The maximum Gasteiger partial charge on any atom is 0.342 e. The molecule has 0 aromatic heterocycles. The van der Waals surface area contributed by atoms with E-state index in [0.29, 0.717) is 50.1 Å². The normalized spacial score (nSPS) is 10.7. The zero-order valence-electron chi connectivity index (χ0n) is 31.1. The van der Waals surface area contributed by atoms with Crippen LogP contribution in [0.2, 0.25) is 0 Å². The molecule has 1 aromatic rings. The van der Waals surface area contributed by atoms with Gasteiger partial charge in [0.1, 0.15) is 17.1 Å². The number of carbonyl (C=O) groups is 5. The van der Waals surface area contributed by atoms with Crippen LogP contribution in [0.3, 0.4) is 0 Å². The molecule has 0 saturated heterocycles. The maximum absolute atomic E-state index is 13.0. The number of hydrogen-bond donors (Lipinski definition) is 1. The fourth-order valence-electron chi connectivity index (χ4n) is 5.06. The molecule has 0 radical (unpaired) electrons. The second kappa shape index (κ2) is 30.9. The lowest BCUT2D eigenvalue weighted by Crippen LogP contribution is -2.10. The van der Waals surface area contributed by atoms with Crippen LogP contribution in [-0.2, 0) is 38.1 Å². The van der Waals surface area contributed by atoms with Crippen molar-refractivity contribution in [1.29, 1.82) is 0 Å².